The molecule has 6 rings (SSSR count). The molecule has 2 N–H and O–H groups in total. The lowest BCUT2D eigenvalue weighted by atomic mass is 9.87. The molecule has 0 unspecified atom stereocenters. The molecule has 1 saturated carbocycles. The standard InChI is InChI=1S/C27H32N6O4/c1-34-24-14-19(4-5-23(24)37-22-15-21(16-22)33-8-11-35-12-9-33)31-27-28-7-6-25(32-27)30-20-13-18-3-2-10-36-26(18)29-17-20/h4-7,13-14,17,21-22H,2-3,8-12,15-16H2,1H3,(H2,28,30,31,32). The van der Waals surface area contributed by atoms with Crippen molar-refractivity contribution in [2.45, 2.75) is 37.8 Å². The van der Waals surface area contributed by atoms with Crippen molar-refractivity contribution in [1.82, 2.24) is 19.9 Å². The van der Waals surface area contributed by atoms with Gasteiger partial charge in [0.25, 0.3) is 0 Å². The number of rotatable bonds is 8. The first-order valence-corrected chi connectivity index (χ1v) is 12.9. The highest BCUT2D eigenvalue weighted by molar-refractivity contribution is 5.62. The van der Waals surface area contributed by atoms with E-state index in [1.807, 2.05) is 24.3 Å². The molecule has 2 aliphatic heterocycles. The summed E-state index contributed by atoms with van der Waals surface area (Å²) in [6, 6.07) is 10.3. The van der Waals surface area contributed by atoms with Crippen LogP contribution in [0.15, 0.2) is 42.7 Å². The van der Waals surface area contributed by atoms with Crippen molar-refractivity contribution in [3.8, 4) is 17.4 Å². The third kappa shape index (κ3) is 5.55. The van der Waals surface area contributed by atoms with E-state index in [9.17, 15) is 0 Å². The molecule has 1 aromatic carbocycles. The van der Waals surface area contributed by atoms with E-state index < -0.39 is 0 Å². The lowest BCUT2D eigenvalue weighted by molar-refractivity contribution is -0.0378. The van der Waals surface area contributed by atoms with E-state index >= 15 is 0 Å². The van der Waals surface area contributed by atoms with Crippen LogP contribution < -0.4 is 24.8 Å². The number of aryl methyl sites for hydroxylation is 1. The summed E-state index contributed by atoms with van der Waals surface area (Å²) in [6.45, 7) is 4.40. The molecule has 4 heterocycles. The van der Waals surface area contributed by atoms with Gasteiger partial charge >= 0.3 is 0 Å². The number of morpholine rings is 1. The van der Waals surface area contributed by atoms with Gasteiger partial charge < -0.3 is 29.6 Å². The van der Waals surface area contributed by atoms with Crippen LogP contribution in [0.4, 0.5) is 23.1 Å². The molecule has 10 nitrogen and oxygen atoms in total. The Hall–Kier alpha value is -3.63. The van der Waals surface area contributed by atoms with Gasteiger partial charge in [-0.25, -0.2) is 9.97 Å². The molecule has 194 valence electrons. The first-order valence-electron chi connectivity index (χ1n) is 12.9. The minimum absolute atomic E-state index is 0.205. The van der Waals surface area contributed by atoms with Crippen LogP contribution in [0.5, 0.6) is 17.4 Å². The van der Waals surface area contributed by atoms with E-state index in [4.69, 9.17) is 18.9 Å². The maximum Gasteiger partial charge on any atom is 0.229 e. The average Bonchev–Trinajstić information content (AvgIpc) is 2.91. The molecule has 0 spiro atoms. The topological polar surface area (TPSA) is 103 Å². The molecule has 0 radical (unpaired) electrons. The van der Waals surface area contributed by atoms with E-state index in [1.165, 1.54) is 0 Å². The summed E-state index contributed by atoms with van der Waals surface area (Å²) in [5, 5.41) is 6.57. The van der Waals surface area contributed by atoms with E-state index in [2.05, 4.69) is 36.6 Å². The van der Waals surface area contributed by atoms with E-state index in [0.717, 1.165) is 87.2 Å². The summed E-state index contributed by atoms with van der Waals surface area (Å²) in [5.41, 5.74) is 2.79. The number of aromatic nitrogens is 3. The molecule has 2 fully saturated rings. The fraction of sp³-hybridized carbons (Fsp3) is 0.444. The largest absolute Gasteiger partial charge is 0.493 e. The highest BCUT2D eigenvalue weighted by Crippen LogP contribution is 2.36. The Labute approximate surface area is 216 Å². The van der Waals surface area contributed by atoms with Crippen LogP contribution in [0.3, 0.4) is 0 Å². The lowest BCUT2D eigenvalue weighted by Crippen LogP contribution is -2.52. The monoisotopic (exact) mass is 504 g/mol. The zero-order valence-electron chi connectivity index (χ0n) is 21.0. The summed E-state index contributed by atoms with van der Waals surface area (Å²) in [7, 11) is 1.65. The second-order valence-corrected chi connectivity index (χ2v) is 9.53. The Kier molecular flexibility index (Phi) is 6.92. The second kappa shape index (κ2) is 10.8. The molecular weight excluding hydrogens is 472 g/mol. The van der Waals surface area contributed by atoms with Gasteiger partial charge in [0.05, 0.1) is 38.8 Å². The number of hydrogen-bond acceptors (Lipinski definition) is 10. The Bertz CT molecular complexity index is 1230. The molecule has 0 atom stereocenters. The lowest BCUT2D eigenvalue weighted by Gasteiger charge is -2.44. The molecule has 0 bridgehead atoms. The van der Waals surface area contributed by atoms with Gasteiger partial charge in [0.1, 0.15) is 11.9 Å². The molecule has 1 aliphatic carbocycles. The van der Waals surface area contributed by atoms with Gasteiger partial charge in [-0.3, -0.25) is 4.90 Å². The number of nitrogens with zero attached hydrogens (tertiary/aromatic N) is 4. The SMILES string of the molecule is COc1cc(Nc2nccc(Nc3cnc4c(c3)CCCO4)n2)ccc1OC1CC(N2CCOCC2)C1. The van der Waals surface area contributed by atoms with Crippen LogP contribution in [0.2, 0.25) is 0 Å². The molecule has 3 aliphatic rings. The molecule has 37 heavy (non-hydrogen) atoms. The number of nitrogens with one attached hydrogen (secondary N) is 2. The normalized spacial score (nSPS) is 21.2. The van der Waals surface area contributed by atoms with E-state index in [1.54, 1.807) is 19.5 Å². The Morgan fingerprint density at radius 3 is 2.73 bits per heavy atom. The summed E-state index contributed by atoms with van der Waals surface area (Å²) < 4.78 is 22.9. The van der Waals surface area contributed by atoms with Gasteiger partial charge in [-0.1, -0.05) is 0 Å². The van der Waals surface area contributed by atoms with Crippen LogP contribution >= 0.6 is 0 Å². The third-order valence-electron chi connectivity index (χ3n) is 7.03. The minimum atomic E-state index is 0.205. The number of pyridine rings is 1. The van der Waals surface area contributed by atoms with Crippen LogP contribution in [0.25, 0.3) is 0 Å². The van der Waals surface area contributed by atoms with Crippen molar-refractivity contribution in [3.05, 3.63) is 48.3 Å². The van der Waals surface area contributed by atoms with Gasteiger partial charge in [0, 0.05) is 55.5 Å². The maximum absolute atomic E-state index is 6.26. The second-order valence-electron chi connectivity index (χ2n) is 9.53. The van der Waals surface area contributed by atoms with E-state index in [0.29, 0.717) is 23.6 Å². The summed E-state index contributed by atoms with van der Waals surface area (Å²) >= 11 is 0. The van der Waals surface area contributed by atoms with Gasteiger partial charge in [-0.15, -0.1) is 0 Å². The average molecular weight is 505 g/mol. The number of anilines is 4. The zero-order valence-corrected chi connectivity index (χ0v) is 21.0. The number of hydrogen-bond donors (Lipinski definition) is 2. The minimum Gasteiger partial charge on any atom is -0.493 e. The first-order chi connectivity index (χ1) is 18.2. The fourth-order valence-corrected chi connectivity index (χ4v) is 4.97. The van der Waals surface area contributed by atoms with Crippen molar-refractivity contribution in [2.75, 3.05) is 50.7 Å². The Morgan fingerprint density at radius 1 is 0.973 bits per heavy atom. The van der Waals surface area contributed by atoms with Gasteiger partial charge in [0.2, 0.25) is 11.8 Å². The van der Waals surface area contributed by atoms with Crippen LogP contribution in [0.1, 0.15) is 24.8 Å². The van der Waals surface area contributed by atoms with Crippen molar-refractivity contribution in [3.63, 3.8) is 0 Å². The maximum atomic E-state index is 6.26. The zero-order chi connectivity index (χ0) is 25.0. The van der Waals surface area contributed by atoms with Crippen molar-refractivity contribution in [2.24, 2.45) is 0 Å². The number of methoxy groups -OCH3 is 1. The molecule has 1 saturated heterocycles. The van der Waals surface area contributed by atoms with E-state index in [-0.39, 0.29) is 6.10 Å². The highest BCUT2D eigenvalue weighted by Gasteiger charge is 2.36. The van der Waals surface area contributed by atoms with Crippen LogP contribution in [-0.4, -0.2) is 72.0 Å². The van der Waals surface area contributed by atoms with Crippen LogP contribution in [-0.2, 0) is 11.2 Å². The number of ether oxygens (including phenoxy) is 4. The third-order valence-corrected chi connectivity index (χ3v) is 7.03. The quantitative estimate of drug-likeness (QED) is 0.469. The summed E-state index contributed by atoms with van der Waals surface area (Å²) in [6.07, 6.45) is 7.70. The summed E-state index contributed by atoms with van der Waals surface area (Å²) in [4.78, 5) is 15.9. The highest BCUT2D eigenvalue weighted by atomic mass is 16.5. The number of benzene rings is 1. The van der Waals surface area contributed by atoms with Crippen molar-refractivity contribution >= 4 is 23.1 Å². The molecule has 10 heteroatoms. The number of fused-ring (bicyclic) bond motifs is 1. The smallest absolute Gasteiger partial charge is 0.229 e. The van der Waals surface area contributed by atoms with Gasteiger partial charge in [-0.05, 0) is 37.1 Å². The molecular formula is C27H32N6O4. The predicted molar refractivity (Wildman–Crippen MR) is 139 cm³/mol. The Balaban J connectivity index is 1.07. The van der Waals surface area contributed by atoms with Gasteiger partial charge in [0.15, 0.2) is 11.5 Å². The molecule has 2 aromatic heterocycles. The first kappa shape index (κ1) is 23.7. The van der Waals surface area contributed by atoms with Crippen molar-refractivity contribution < 1.29 is 18.9 Å². The predicted octanol–water partition coefficient (Wildman–Crippen LogP) is 3.93. The van der Waals surface area contributed by atoms with Gasteiger partial charge in [-0.2, -0.15) is 4.98 Å². The molecule has 0 amide bonds. The molecule has 3 aromatic rings. The van der Waals surface area contributed by atoms with Crippen LogP contribution in [0, 0.1) is 0 Å². The Morgan fingerprint density at radius 2 is 1.86 bits per heavy atom. The fourth-order valence-electron chi connectivity index (χ4n) is 4.97. The summed E-state index contributed by atoms with van der Waals surface area (Å²) in [5.74, 6) is 3.29. The van der Waals surface area contributed by atoms with Crippen molar-refractivity contribution in [1.29, 1.82) is 0 Å².